The quantitative estimate of drug-likeness (QED) is 0.764. The summed E-state index contributed by atoms with van der Waals surface area (Å²) in [6.07, 6.45) is -1.96. The zero-order chi connectivity index (χ0) is 16.8. The standard InChI is InChI=1S/C12H11F3N8/c1-6-8(19-21-22(6)2)7-9(12(13,14)15)20-23(10(7)16)11-17-4-3-5-18-11/h3-5H,16H2,1-2H3. The van der Waals surface area contributed by atoms with E-state index in [2.05, 4.69) is 25.4 Å². The number of anilines is 1. The van der Waals surface area contributed by atoms with Crippen molar-refractivity contribution in [3.8, 4) is 17.2 Å². The Morgan fingerprint density at radius 3 is 2.35 bits per heavy atom. The molecule has 0 aliphatic carbocycles. The molecule has 3 heterocycles. The van der Waals surface area contributed by atoms with Crippen LogP contribution in [-0.4, -0.2) is 34.7 Å². The molecule has 23 heavy (non-hydrogen) atoms. The molecule has 0 aliphatic heterocycles. The molecule has 3 aromatic rings. The lowest BCUT2D eigenvalue weighted by atomic mass is 10.1. The lowest BCUT2D eigenvalue weighted by molar-refractivity contribution is -0.140. The van der Waals surface area contributed by atoms with Crippen molar-refractivity contribution in [3.63, 3.8) is 0 Å². The lowest BCUT2D eigenvalue weighted by Gasteiger charge is -2.05. The van der Waals surface area contributed by atoms with Crippen molar-refractivity contribution in [2.75, 3.05) is 5.73 Å². The van der Waals surface area contributed by atoms with Gasteiger partial charge in [0.25, 0.3) is 5.95 Å². The zero-order valence-corrected chi connectivity index (χ0v) is 12.1. The minimum Gasteiger partial charge on any atom is -0.383 e. The zero-order valence-electron chi connectivity index (χ0n) is 12.1. The van der Waals surface area contributed by atoms with Gasteiger partial charge in [0.15, 0.2) is 5.69 Å². The molecule has 3 rings (SSSR count). The van der Waals surface area contributed by atoms with Gasteiger partial charge >= 0.3 is 6.18 Å². The van der Waals surface area contributed by atoms with E-state index < -0.39 is 11.9 Å². The molecule has 0 bridgehead atoms. The van der Waals surface area contributed by atoms with Crippen LogP contribution in [0.3, 0.4) is 0 Å². The second-order valence-corrected chi connectivity index (χ2v) is 4.71. The molecule has 0 aliphatic rings. The van der Waals surface area contributed by atoms with Gasteiger partial charge in [0.2, 0.25) is 0 Å². The van der Waals surface area contributed by atoms with E-state index >= 15 is 0 Å². The molecule has 0 radical (unpaired) electrons. The smallest absolute Gasteiger partial charge is 0.383 e. The predicted molar refractivity (Wildman–Crippen MR) is 73.3 cm³/mol. The topological polar surface area (TPSA) is 100 Å². The monoisotopic (exact) mass is 324 g/mol. The SMILES string of the molecule is Cc1c(-c2c(C(F)(F)F)nn(-c3ncccn3)c2N)nnn1C. The van der Waals surface area contributed by atoms with Crippen LogP contribution >= 0.6 is 0 Å². The van der Waals surface area contributed by atoms with Gasteiger partial charge in [-0.15, -0.1) is 5.10 Å². The van der Waals surface area contributed by atoms with E-state index in [1.165, 1.54) is 23.1 Å². The highest BCUT2D eigenvalue weighted by Gasteiger charge is 2.41. The van der Waals surface area contributed by atoms with E-state index in [1.807, 2.05) is 0 Å². The maximum absolute atomic E-state index is 13.4. The summed E-state index contributed by atoms with van der Waals surface area (Å²) in [5, 5.41) is 11.0. The molecule has 0 amide bonds. The first-order valence-electron chi connectivity index (χ1n) is 6.40. The number of nitrogens with two attached hydrogens (primary N) is 1. The van der Waals surface area contributed by atoms with Crippen LogP contribution in [0.1, 0.15) is 11.4 Å². The first kappa shape index (κ1) is 14.9. The van der Waals surface area contributed by atoms with Crippen molar-refractivity contribution in [2.45, 2.75) is 13.1 Å². The Kier molecular flexibility index (Phi) is 3.27. The fourth-order valence-corrected chi connectivity index (χ4v) is 2.05. The number of halogens is 3. The molecule has 0 spiro atoms. The van der Waals surface area contributed by atoms with Crippen molar-refractivity contribution >= 4 is 5.82 Å². The van der Waals surface area contributed by atoms with Crippen molar-refractivity contribution in [1.82, 2.24) is 34.7 Å². The molecule has 0 fully saturated rings. The molecule has 0 saturated carbocycles. The summed E-state index contributed by atoms with van der Waals surface area (Å²) in [7, 11) is 1.57. The van der Waals surface area contributed by atoms with Gasteiger partial charge in [-0.25, -0.2) is 9.97 Å². The highest BCUT2D eigenvalue weighted by Crippen LogP contribution is 2.40. The molecule has 120 valence electrons. The van der Waals surface area contributed by atoms with E-state index in [1.54, 1.807) is 14.0 Å². The van der Waals surface area contributed by atoms with Gasteiger partial charge in [0, 0.05) is 19.4 Å². The van der Waals surface area contributed by atoms with E-state index in [0.29, 0.717) is 5.69 Å². The van der Waals surface area contributed by atoms with Crippen LogP contribution in [0.25, 0.3) is 17.2 Å². The minimum atomic E-state index is -4.71. The number of nitrogen functional groups attached to an aromatic ring is 1. The van der Waals surface area contributed by atoms with Gasteiger partial charge in [-0.05, 0) is 13.0 Å². The van der Waals surface area contributed by atoms with Crippen molar-refractivity contribution < 1.29 is 13.2 Å². The molecule has 0 atom stereocenters. The van der Waals surface area contributed by atoms with Crippen LogP contribution in [-0.2, 0) is 13.2 Å². The molecule has 11 heteroatoms. The van der Waals surface area contributed by atoms with E-state index in [4.69, 9.17) is 5.73 Å². The Labute approximate surface area is 127 Å². The molecule has 2 N–H and O–H groups in total. The molecule has 0 saturated heterocycles. The van der Waals surface area contributed by atoms with Crippen molar-refractivity contribution in [2.24, 2.45) is 7.05 Å². The minimum absolute atomic E-state index is 0.0134. The summed E-state index contributed by atoms with van der Waals surface area (Å²) in [4.78, 5) is 7.74. The van der Waals surface area contributed by atoms with Crippen LogP contribution in [0, 0.1) is 6.92 Å². The Balaban J connectivity index is 2.30. The first-order valence-corrected chi connectivity index (χ1v) is 6.40. The average Bonchev–Trinajstić information content (AvgIpc) is 3.01. The highest BCUT2D eigenvalue weighted by atomic mass is 19.4. The summed E-state index contributed by atoms with van der Waals surface area (Å²) in [5.74, 6) is -0.324. The molecular weight excluding hydrogens is 313 g/mol. The van der Waals surface area contributed by atoms with Crippen LogP contribution in [0.5, 0.6) is 0 Å². The highest BCUT2D eigenvalue weighted by molar-refractivity contribution is 5.76. The van der Waals surface area contributed by atoms with Gasteiger partial charge < -0.3 is 5.73 Å². The maximum atomic E-state index is 13.4. The molecular formula is C12H11F3N8. The Morgan fingerprint density at radius 1 is 1.17 bits per heavy atom. The summed E-state index contributed by atoms with van der Waals surface area (Å²) < 4.78 is 42.3. The Bertz CT molecular complexity index is 849. The van der Waals surface area contributed by atoms with Gasteiger partial charge in [0.05, 0.1) is 11.3 Å². The van der Waals surface area contributed by atoms with Crippen LogP contribution < -0.4 is 5.73 Å². The number of nitrogens with zero attached hydrogens (tertiary/aromatic N) is 7. The molecule has 8 nitrogen and oxygen atoms in total. The van der Waals surface area contributed by atoms with Crippen molar-refractivity contribution in [1.29, 1.82) is 0 Å². The summed E-state index contributed by atoms with van der Waals surface area (Å²) in [6.45, 7) is 1.59. The third kappa shape index (κ3) is 2.39. The Hall–Kier alpha value is -2.98. The van der Waals surface area contributed by atoms with Gasteiger partial charge in [-0.2, -0.15) is 23.0 Å². The molecule has 3 aromatic heterocycles. The van der Waals surface area contributed by atoms with Gasteiger partial charge in [-0.3, -0.25) is 4.68 Å². The molecule has 0 unspecified atom stereocenters. The van der Waals surface area contributed by atoms with Crippen LogP contribution in [0.2, 0.25) is 0 Å². The second kappa shape index (κ2) is 5.04. The summed E-state index contributed by atoms with van der Waals surface area (Å²) >= 11 is 0. The summed E-state index contributed by atoms with van der Waals surface area (Å²) in [5.41, 5.74) is 4.83. The number of rotatable bonds is 2. The number of hydrogen-bond acceptors (Lipinski definition) is 6. The maximum Gasteiger partial charge on any atom is 0.435 e. The number of hydrogen-bond donors (Lipinski definition) is 1. The number of aryl methyl sites for hydroxylation is 1. The van der Waals surface area contributed by atoms with Crippen molar-refractivity contribution in [3.05, 3.63) is 29.8 Å². The van der Waals surface area contributed by atoms with E-state index in [0.717, 1.165) is 4.68 Å². The van der Waals surface area contributed by atoms with Gasteiger partial charge in [0.1, 0.15) is 11.5 Å². The lowest BCUT2D eigenvalue weighted by Crippen LogP contribution is -2.09. The fraction of sp³-hybridized carbons (Fsp3) is 0.250. The number of aromatic nitrogens is 7. The predicted octanol–water partition coefficient (Wildman–Crippen LogP) is 1.37. The van der Waals surface area contributed by atoms with E-state index in [-0.39, 0.29) is 23.0 Å². The molecule has 0 aromatic carbocycles. The van der Waals surface area contributed by atoms with Gasteiger partial charge in [-0.1, -0.05) is 5.21 Å². The Morgan fingerprint density at radius 2 is 1.83 bits per heavy atom. The summed E-state index contributed by atoms with van der Waals surface area (Å²) in [6, 6.07) is 1.53. The van der Waals surface area contributed by atoms with E-state index in [9.17, 15) is 13.2 Å². The third-order valence-electron chi connectivity index (χ3n) is 3.28. The second-order valence-electron chi connectivity index (χ2n) is 4.71. The third-order valence-corrected chi connectivity index (χ3v) is 3.28. The average molecular weight is 324 g/mol. The largest absolute Gasteiger partial charge is 0.435 e. The number of alkyl halides is 3. The fourth-order valence-electron chi connectivity index (χ4n) is 2.05. The normalized spacial score (nSPS) is 11.9. The first-order chi connectivity index (χ1) is 10.8. The van der Waals surface area contributed by atoms with Crippen LogP contribution in [0.15, 0.2) is 18.5 Å². The van der Waals surface area contributed by atoms with Crippen LogP contribution in [0.4, 0.5) is 19.0 Å².